The van der Waals surface area contributed by atoms with Gasteiger partial charge in [-0.1, -0.05) is 18.2 Å². The zero-order chi connectivity index (χ0) is 15.4. The quantitative estimate of drug-likeness (QED) is 0.807. The normalized spacial score (nSPS) is 14.2. The first-order valence-corrected chi connectivity index (χ1v) is 7.29. The van der Waals surface area contributed by atoms with Gasteiger partial charge < -0.3 is 10.4 Å². The summed E-state index contributed by atoms with van der Waals surface area (Å²) in [5, 5.41) is 11.7. The van der Waals surface area contributed by atoms with Gasteiger partial charge in [-0.3, -0.25) is 14.5 Å². The second-order valence-corrected chi connectivity index (χ2v) is 5.66. The number of aryl methyl sites for hydroxylation is 2. The van der Waals surface area contributed by atoms with Gasteiger partial charge in [-0.15, -0.1) is 0 Å². The summed E-state index contributed by atoms with van der Waals surface area (Å²) >= 11 is 0. The minimum atomic E-state index is -0.823. The number of anilines is 1. The van der Waals surface area contributed by atoms with Crippen LogP contribution in [0.4, 0.5) is 5.69 Å². The lowest BCUT2D eigenvalue weighted by atomic mass is 10.1. The van der Waals surface area contributed by atoms with Crippen molar-refractivity contribution in [1.29, 1.82) is 0 Å². The number of nitrogens with zero attached hydrogens (tertiary/aromatic N) is 1. The number of aliphatic carboxylic acids is 1. The third-order valence-electron chi connectivity index (χ3n) is 3.77. The van der Waals surface area contributed by atoms with Crippen LogP contribution in [0.1, 0.15) is 30.4 Å². The highest BCUT2D eigenvalue weighted by atomic mass is 16.4. The van der Waals surface area contributed by atoms with Crippen molar-refractivity contribution in [2.24, 2.45) is 0 Å². The SMILES string of the molecule is Cc1cccc(C)c1NC(=O)CN(CCC(=O)O)C1CC1. The second kappa shape index (κ2) is 6.72. The van der Waals surface area contributed by atoms with Gasteiger partial charge in [-0.25, -0.2) is 0 Å². The molecule has 1 aromatic rings. The number of benzene rings is 1. The first-order valence-electron chi connectivity index (χ1n) is 7.29. The number of hydrogen-bond acceptors (Lipinski definition) is 3. The van der Waals surface area contributed by atoms with E-state index in [4.69, 9.17) is 5.11 Å². The first-order chi connectivity index (χ1) is 9.97. The first kappa shape index (κ1) is 15.5. The minimum Gasteiger partial charge on any atom is -0.481 e. The summed E-state index contributed by atoms with van der Waals surface area (Å²) in [4.78, 5) is 24.9. The number of para-hydroxylation sites is 1. The summed E-state index contributed by atoms with van der Waals surface area (Å²) in [5.74, 6) is -0.902. The van der Waals surface area contributed by atoms with E-state index in [2.05, 4.69) is 5.32 Å². The van der Waals surface area contributed by atoms with Gasteiger partial charge in [-0.05, 0) is 37.8 Å². The molecule has 0 radical (unpaired) electrons. The van der Waals surface area contributed by atoms with E-state index < -0.39 is 5.97 Å². The molecule has 1 aliphatic carbocycles. The molecule has 1 saturated carbocycles. The van der Waals surface area contributed by atoms with Gasteiger partial charge in [0.15, 0.2) is 0 Å². The Labute approximate surface area is 125 Å². The molecule has 21 heavy (non-hydrogen) atoms. The predicted molar refractivity (Wildman–Crippen MR) is 81.4 cm³/mol. The van der Waals surface area contributed by atoms with Crippen molar-refractivity contribution in [3.63, 3.8) is 0 Å². The van der Waals surface area contributed by atoms with E-state index in [1.54, 1.807) is 0 Å². The van der Waals surface area contributed by atoms with Gasteiger partial charge in [0.05, 0.1) is 13.0 Å². The van der Waals surface area contributed by atoms with Crippen molar-refractivity contribution in [1.82, 2.24) is 4.90 Å². The fraction of sp³-hybridized carbons (Fsp3) is 0.500. The predicted octanol–water partition coefficient (Wildman–Crippen LogP) is 2.18. The maximum absolute atomic E-state index is 12.2. The summed E-state index contributed by atoms with van der Waals surface area (Å²) in [6, 6.07) is 6.26. The zero-order valence-electron chi connectivity index (χ0n) is 12.6. The molecule has 1 amide bonds. The molecule has 2 rings (SSSR count). The van der Waals surface area contributed by atoms with Crippen molar-refractivity contribution < 1.29 is 14.7 Å². The van der Waals surface area contributed by atoms with Crippen LogP contribution in [0.3, 0.4) is 0 Å². The number of rotatable bonds is 7. The van der Waals surface area contributed by atoms with Gasteiger partial charge in [0.2, 0.25) is 5.91 Å². The Morgan fingerprint density at radius 3 is 2.43 bits per heavy atom. The largest absolute Gasteiger partial charge is 0.481 e. The number of carboxylic acids is 1. The molecule has 0 spiro atoms. The van der Waals surface area contributed by atoms with Gasteiger partial charge in [0.25, 0.3) is 0 Å². The van der Waals surface area contributed by atoms with E-state index in [0.717, 1.165) is 29.7 Å². The van der Waals surface area contributed by atoms with E-state index in [1.807, 2.05) is 36.9 Å². The molecule has 1 fully saturated rings. The molecule has 1 aliphatic rings. The highest BCUT2D eigenvalue weighted by molar-refractivity contribution is 5.93. The molecule has 0 heterocycles. The Morgan fingerprint density at radius 1 is 1.29 bits per heavy atom. The van der Waals surface area contributed by atoms with Crippen molar-refractivity contribution >= 4 is 17.6 Å². The molecule has 0 aromatic heterocycles. The topological polar surface area (TPSA) is 69.6 Å². The Bertz CT molecular complexity index is 518. The van der Waals surface area contributed by atoms with Crippen LogP contribution in [0.5, 0.6) is 0 Å². The number of hydrogen-bond donors (Lipinski definition) is 2. The molecule has 1 aromatic carbocycles. The Hall–Kier alpha value is -1.88. The number of carbonyl (C=O) groups is 2. The van der Waals surface area contributed by atoms with Gasteiger partial charge in [0, 0.05) is 18.3 Å². The lowest BCUT2D eigenvalue weighted by molar-refractivity contribution is -0.137. The zero-order valence-corrected chi connectivity index (χ0v) is 12.6. The Morgan fingerprint density at radius 2 is 1.90 bits per heavy atom. The van der Waals surface area contributed by atoms with Crippen LogP contribution in [0.2, 0.25) is 0 Å². The Kier molecular flexibility index (Phi) is 4.96. The number of carboxylic acid groups (broad SMARTS) is 1. The molecule has 114 valence electrons. The monoisotopic (exact) mass is 290 g/mol. The molecular formula is C16H22N2O3. The summed E-state index contributed by atoms with van der Waals surface area (Å²) in [6.07, 6.45) is 2.18. The van der Waals surface area contributed by atoms with E-state index in [1.165, 1.54) is 0 Å². The summed E-state index contributed by atoms with van der Waals surface area (Å²) < 4.78 is 0. The average molecular weight is 290 g/mol. The lowest BCUT2D eigenvalue weighted by Crippen LogP contribution is -2.36. The molecular weight excluding hydrogens is 268 g/mol. The molecule has 5 nitrogen and oxygen atoms in total. The van der Waals surface area contributed by atoms with Crippen LogP contribution in [0.25, 0.3) is 0 Å². The maximum atomic E-state index is 12.2. The molecule has 2 N–H and O–H groups in total. The highest BCUT2D eigenvalue weighted by Gasteiger charge is 2.30. The van der Waals surface area contributed by atoms with Gasteiger partial charge in [-0.2, -0.15) is 0 Å². The molecule has 0 aliphatic heterocycles. The van der Waals surface area contributed by atoms with Crippen LogP contribution in [0, 0.1) is 13.8 Å². The number of nitrogens with one attached hydrogen (secondary N) is 1. The summed E-state index contributed by atoms with van der Waals surface area (Å²) in [5.41, 5.74) is 2.93. The maximum Gasteiger partial charge on any atom is 0.304 e. The molecule has 0 bridgehead atoms. The molecule has 5 heteroatoms. The van der Waals surface area contributed by atoms with Crippen LogP contribution < -0.4 is 5.32 Å². The van der Waals surface area contributed by atoms with Crippen molar-refractivity contribution in [2.75, 3.05) is 18.4 Å². The van der Waals surface area contributed by atoms with E-state index >= 15 is 0 Å². The average Bonchev–Trinajstić information content (AvgIpc) is 3.23. The standard InChI is InChI=1S/C16H22N2O3/c1-11-4-3-5-12(2)16(11)17-14(19)10-18(13-6-7-13)9-8-15(20)21/h3-5,13H,6-10H2,1-2H3,(H,17,19)(H,20,21). The lowest BCUT2D eigenvalue weighted by Gasteiger charge is -2.21. The van der Waals surface area contributed by atoms with E-state index in [-0.39, 0.29) is 18.9 Å². The van der Waals surface area contributed by atoms with Crippen LogP contribution >= 0.6 is 0 Å². The van der Waals surface area contributed by atoms with Crippen molar-refractivity contribution in [3.05, 3.63) is 29.3 Å². The Balaban J connectivity index is 1.94. The molecule has 0 saturated heterocycles. The number of amides is 1. The molecule has 0 unspecified atom stereocenters. The smallest absolute Gasteiger partial charge is 0.304 e. The second-order valence-electron chi connectivity index (χ2n) is 5.66. The minimum absolute atomic E-state index is 0.0766. The third kappa shape index (κ3) is 4.56. The van der Waals surface area contributed by atoms with E-state index in [9.17, 15) is 9.59 Å². The van der Waals surface area contributed by atoms with Crippen molar-refractivity contribution in [2.45, 2.75) is 39.2 Å². The number of carbonyl (C=O) groups excluding carboxylic acids is 1. The van der Waals surface area contributed by atoms with Crippen LogP contribution in [-0.4, -0.2) is 41.0 Å². The third-order valence-corrected chi connectivity index (χ3v) is 3.77. The van der Waals surface area contributed by atoms with Crippen LogP contribution in [-0.2, 0) is 9.59 Å². The van der Waals surface area contributed by atoms with Crippen LogP contribution in [0.15, 0.2) is 18.2 Å². The van der Waals surface area contributed by atoms with Crippen molar-refractivity contribution in [3.8, 4) is 0 Å². The van der Waals surface area contributed by atoms with E-state index in [0.29, 0.717) is 12.6 Å². The van der Waals surface area contributed by atoms with Gasteiger partial charge >= 0.3 is 5.97 Å². The van der Waals surface area contributed by atoms with Gasteiger partial charge in [0.1, 0.15) is 0 Å². The molecule has 0 atom stereocenters. The summed E-state index contributed by atoms with van der Waals surface area (Å²) in [7, 11) is 0. The fourth-order valence-corrected chi connectivity index (χ4v) is 2.44. The fourth-order valence-electron chi connectivity index (χ4n) is 2.44. The highest BCUT2D eigenvalue weighted by Crippen LogP contribution is 2.27. The summed E-state index contributed by atoms with van der Waals surface area (Å²) in [6.45, 7) is 4.61.